The third kappa shape index (κ3) is 4.14. The van der Waals surface area contributed by atoms with Gasteiger partial charge in [0.25, 0.3) is 11.7 Å². The zero-order valence-electron chi connectivity index (χ0n) is 19.0. The number of anilines is 1. The highest BCUT2D eigenvalue weighted by Gasteiger charge is 2.46. The first kappa shape index (κ1) is 22.3. The largest absolute Gasteiger partial charge is 0.507 e. The zero-order valence-corrected chi connectivity index (χ0v) is 19.0. The maximum atomic E-state index is 13.2. The molecule has 33 heavy (non-hydrogen) atoms. The Bertz CT molecular complexity index is 1190. The van der Waals surface area contributed by atoms with Gasteiger partial charge in [0.1, 0.15) is 11.5 Å². The Hall–Kier alpha value is -3.86. The lowest BCUT2D eigenvalue weighted by Crippen LogP contribution is -2.29. The highest BCUT2D eigenvalue weighted by Crippen LogP contribution is 2.42. The van der Waals surface area contributed by atoms with E-state index in [-0.39, 0.29) is 11.3 Å². The molecule has 5 nitrogen and oxygen atoms in total. The van der Waals surface area contributed by atoms with Gasteiger partial charge in [0, 0.05) is 11.3 Å². The Morgan fingerprint density at radius 2 is 1.39 bits per heavy atom. The van der Waals surface area contributed by atoms with Crippen molar-refractivity contribution in [3.8, 4) is 5.75 Å². The minimum Gasteiger partial charge on any atom is -0.507 e. The molecule has 0 spiro atoms. The van der Waals surface area contributed by atoms with Crippen LogP contribution < -0.4 is 9.64 Å². The molecule has 1 aliphatic rings. The average Bonchev–Trinajstić information content (AvgIpc) is 3.14. The van der Waals surface area contributed by atoms with E-state index in [1.807, 2.05) is 55.5 Å². The second kappa shape index (κ2) is 9.33. The molecule has 1 unspecified atom stereocenters. The lowest BCUT2D eigenvalue weighted by atomic mass is 9.94. The van der Waals surface area contributed by atoms with Crippen LogP contribution >= 0.6 is 0 Å². The van der Waals surface area contributed by atoms with Gasteiger partial charge in [0.15, 0.2) is 0 Å². The van der Waals surface area contributed by atoms with Crippen molar-refractivity contribution in [1.29, 1.82) is 0 Å². The van der Waals surface area contributed by atoms with E-state index in [1.165, 1.54) is 4.90 Å². The predicted octanol–water partition coefficient (Wildman–Crippen LogP) is 5.45. The number of ketones is 1. The molecule has 3 aromatic rings. The fraction of sp³-hybridized carbons (Fsp3) is 0.214. The number of benzene rings is 3. The summed E-state index contributed by atoms with van der Waals surface area (Å²) in [6.07, 6.45) is 1.74. The van der Waals surface area contributed by atoms with E-state index >= 15 is 0 Å². The first-order valence-corrected chi connectivity index (χ1v) is 11.1. The molecule has 0 aliphatic carbocycles. The second-order valence-corrected chi connectivity index (χ2v) is 8.01. The van der Waals surface area contributed by atoms with Gasteiger partial charge in [-0.1, -0.05) is 62.4 Å². The minimum absolute atomic E-state index is 0.0778. The molecular formula is C28H27NO4. The number of nitrogens with zero attached hydrogens (tertiary/aromatic N) is 1. The standard InChI is InChI=1S/C28H27NO4/c1-4-18-6-10-21(11-7-18)26(30)24-25(20-12-16-23(33-3)17-13-20)29(28(32)27(24)31)22-14-8-19(5-2)9-15-22/h6-17,25,30H,4-5H2,1-3H3/b26-24+. The van der Waals surface area contributed by atoms with Crippen molar-refractivity contribution in [3.63, 3.8) is 0 Å². The van der Waals surface area contributed by atoms with Crippen molar-refractivity contribution in [2.24, 2.45) is 0 Å². The summed E-state index contributed by atoms with van der Waals surface area (Å²) in [5.41, 5.74) is 4.15. The first-order chi connectivity index (χ1) is 16.0. The fourth-order valence-corrected chi connectivity index (χ4v) is 4.15. The van der Waals surface area contributed by atoms with Gasteiger partial charge < -0.3 is 9.84 Å². The fourth-order valence-electron chi connectivity index (χ4n) is 4.15. The summed E-state index contributed by atoms with van der Waals surface area (Å²) in [6, 6.07) is 21.4. The van der Waals surface area contributed by atoms with E-state index in [1.54, 1.807) is 31.4 Å². The molecule has 5 heteroatoms. The van der Waals surface area contributed by atoms with E-state index in [2.05, 4.69) is 6.92 Å². The number of hydrogen-bond donors (Lipinski definition) is 1. The van der Waals surface area contributed by atoms with Gasteiger partial charge >= 0.3 is 0 Å². The molecular weight excluding hydrogens is 414 g/mol. The van der Waals surface area contributed by atoms with Crippen LogP contribution in [-0.4, -0.2) is 23.9 Å². The maximum Gasteiger partial charge on any atom is 0.300 e. The molecule has 0 aromatic heterocycles. The predicted molar refractivity (Wildman–Crippen MR) is 129 cm³/mol. The van der Waals surface area contributed by atoms with Crippen LogP contribution in [0.5, 0.6) is 5.75 Å². The van der Waals surface area contributed by atoms with Gasteiger partial charge in [-0.05, 0) is 53.8 Å². The molecule has 0 radical (unpaired) electrons. The number of hydrogen-bond acceptors (Lipinski definition) is 4. The van der Waals surface area contributed by atoms with Crippen molar-refractivity contribution in [3.05, 3.63) is 101 Å². The number of carbonyl (C=O) groups is 2. The SMILES string of the molecule is CCc1ccc(/C(O)=C2\C(=O)C(=O)N(c3ccc(CC)cc3)C2c2ccc(OC)cc2)cc1. The number of carbonyl (C=O) groups excluding carboxylic acids is 2. The minimum atomic E-state index is -0.755. The van der Waals surface area contributed by atoms with Crippen LogP contribution in [0.25, 0.3) is 5.76 Å². The summed E-state index contributed by atoms with van der Waals surface area (Å²) in [5.74, 6) is -0.873. The quantitative estimate of drug-likeness (QED) is 0.314. The Labute approximate surface area is 193 Å². The highest BCUT2D eigenvalue weighted by atomic mass is 16.5. The molecule has 1 N–H and O–H groups in total. The van der Waals surface area contributed by atoms with Crippen LogP contribution in [0.2, 0.25) is 0 Å². The van der Waals surface area contributed by atoms with Crippen molar-refractivity contribution < 1.29 is 19.4 Å². The number of rotatable bonds is 6. The number of aliphatic hydroxyl groups excluding tert-OH is 1. The van der Waals surface area contributed by atoms with E-state index in [4.69, 9.17) is 4.74 Å². The lowest BCUT2D eigenvalue weighted by Gasteiger charge is -2.25. The summed E-state index contributed by atoms with van der Waals surface area (Å²) >= 11 is 0. The zero-order chi connectivity index (χ0) is 23.5. The van der Waals surface area contributed by atoms with E-state index in [9.17, 15) is 14.7 Å². The van der Waals surface area contributed by atoms with Gasteiger partial charge in [-0.25, -0.2) is 0 Å². The van der Waals surface area contributed by atoms with Gasteiger partial charge in [0.2, 0.25) is 0 Å². The van der Waals surface area contributed by atoms with Gasteiger partial charge in [-0.15, -0.1) is 0 Å². The average molecular weight is 442 g/mol. The highest BCUT2D eigenvalue weighted by molar-refractivity contribution is 6.51. The van der Waals surface area contributed by atoms with Crippen molar-refractivity contribution in [2.45, 2.75) is 32.7 Å². The molecule has 1 fully saturated rings. The Morgan fingerprint density at radius 3 is 1.91 bits per heavy atom. The van der Waals surface area contributed by atoms with E-state index in [0.717, 1.165) is 24.0 Å². The number of aliphatic hydroxyl groups is 1. The summed E-state index contributed by atoms with van der Waals surface area (Å²) in [5, 5.41) is 11.2. The molecule has 4 rings (SSSR count). The summed E-state index contributed by atoms with van der Waals surface area (Å²) in [4.78, 5) is 27.9. The molecule has 0 saturated carbocycles. The van der Waals surface area contributed by atoms with Crippen molar-refractivity contribution >= 4 is 23.1 Å². The Morgan fingerprint density at radius 1 is 0.848 bits per heavy atom. The van der Waals surface area contributed by atoms with Crippen LogP contribution in [0.1, 0.15) is 42.1 Å². The molecule has 168 valence electrons. The number of methoxy groups -OCH3 is 1. The lowest BCUT2D eigenvalue weighted by molar-refractivity contribution is -0.132. The Balaban J connectivity index is 1.89. The molecule has 1 atom stereocenters. The molecule has 1 heterocycles. The summed E-state index contributed by atoms with van der Waals surface area (Å²) in [7, 11) is 1.58. The monoisotopic (exact) mass is 441 g/mol. The molecule has 0 bridgehead atoms. The first-order valence-electron chi connectivity index (χ1n) is 11.1. The van der Waals surface area contributed by atoms with Gasteiger partial charge in [-0.3, -0.25) is 14.5 Å². The van der Waals surface area contributed by atoms with E-state index in [0.29, 0.717) is 22.6 Å². The van der Waals surface area contributed by atoms with Gasteiger partial charge in [0.05, 0.1) is 18.7 Å². The Kier molecular flexibility index (Phi) is 6.31. The maximum absolute atomic E-state index is 13.2. The normalized spacial score (nSPS) is 17.4. The van der Waals surface area contributed by atoms with Crippen molar-refractivity contribution in [2.75, 3.05) is 12.0 Å². The number of ether oxygens (including phenoxy) is 1. The topological polar surface area (TPSA) is 66.8 Å². The number of Topliss-reactive ketones (excluding diaryl/α,β-unsaturated/α-hetero) is 1. The third-order valence-corrected chi connectivity index (χ3v) is 6.13. The molecule has 1 aliphatic heterocycles. The molecule has 1 amide bonds. The summed E-state index contributed by atoms with van der Waals surface area (Å²) in [6.45, 7) is 4.11. The van der Waals surface area contributed by atoms with Crippen LogP contribution in [0.4, 0.5) is 5.69 Å². The van der Waals surface area contributed by atoms with E-state index < -0.39 is 17.7 Å². The summed E-state index contributed by atoms with van der Waals surface area (Å²) < 4.78 is 5.27. The van der Waals surface area contributed by atoms with Crippen LogP contribution in [-0.2, 0) is 22.4 Å². The van der Waals surface area contributed by atoms with Crippen molar-refractivity contribution in [1.82, 2.24) is 0 Å². The number of aryl methyl sites for hydroxylation is 2. The smallest absolute Gasteiger partial charge is 0.300 e. The van der Waals surface area contributed by atoms with Crippen LogP contribution in [0.3, 0.4) is 0 Å². The van der Waals surface area contributed by atoms with Crippen LogP contribution in [0, 0.1) is 0 Å². The van der Waals surface area contributed by atoms with Crippen LogP contribution in [0.15, 0.2) is 78.4 Å². The van der Waals surface area contributed by atoms with Gasteiger partial charge in [-0.2, -0.15) is 0 Å². The second-order valence-electron chi connectivity index (χ2n) is 8.01. The molecule has 3 aromatic carbocycles. The number of amides is 1. The third-order valence-electron chi connectivity index (χ3n) is 6.13. The molecule has 1 saturated heterocycles.